The van der Waals surface area contributed by atoms with Crippen molar-refractivity contribution in [2.45, 2.75) is 6.42 Å². The van der Waals surface area contributed by atoms with Crippen molar-refractivity contribution in [3.63, 3.8) is 0 Å². The molecule has 0 spiro atoms. The Morgan fingerprint density at radius 2 is 1.84 bits per heavy atom. The van der Waals surface area contributed by atoms with Crippen molar-refractivity contribution >= 4 is 63.1 Å². The smallest absolute Gasteiger partial charge is 0.336 e. The third-order valence-electron chi connectivity index (χ3n) is 4.51. The molecule has 7 nitrogen and oxygen atoms in total. The van der Waals surface area contributed by atoms with Crippen molar-refractivity contribution in [2.24, 2.45) is 0 Å². The predicted octanol–water partition coefficient (Wildman–Crippen LogP) is 4.51. The second-order valence-corrected chi connectivity index (χ2v) is 8.12. The van der Waals surface area contributed by atoms with E-state index in [4.69, 9.17) is 16.0 Å². The molecule has 0 unspecified atom stereocenters. The van der Waals surface area contributed by atoms with E-state index < -0.39 is 16.8 Å². The summed E-state index contributed by atoms with van der Waals surface area (Å²) in [7, 11) is 0. The van der Waals surface area contributed by atoms with Gasteiger partial charge in [-0.05, 0) is 59.8 Å². The Labute approximate surface area is 185 Å². The third kappa shape index (κ3) is 4.87. The highest BCUT2D eigenvalue weighted by molar-refractivity contribution is 8.18. The summed E-state index contributed by atoms with van der Waals surface area (Å²) in [6.07, 6.45) is 1.57. The first-order valence-corrected chi connectivity index (χ1v) is 10.4. The quantitative estimate of drug-likeness (QED) is 0.450. The monoisotopic (exact) mass is 454 g/mol. The van der Waals surface area contributed by atoms with Gasteiger partial charge in [-0.3, -0.25) is 19.3 Å². The molecule has 156 valence electrons. The van der Waals surface area contributed by atoms with Gasteiger partial charge < -0.3 is 9.73 Å². The fourth-order valence-electron chi connectivity index (χ4n) is 2.99. The lowest BCUT2D eigenvalue weighted by atomic mass is 10.2. The van der Waals surface area contributed by atoms with Crippen LogP contribution in [0.2, 0.25) is 5.02 Å². The van der Waals surface area contributed by atoms with Crippen LogP contribution in [0.15, 0.2) is 68.7 Å². The lowest BCUT2D eigenvalue weighted by Gasteiger charge is -2.12. The van der Waals surface area contributed by atoms with Gasteiger partial charge in [0.05, 0.1) is 4.91 Å². The molecule has 1 aliphatic heterocycles. The molecular weight excluding hydrogens is 440 g/mol. The molecule has 0 atom stereocenters. The van der Waals surface area contributed by atoms with Crippen molar-refractivity contribution in [1.82, 2.24) is 4.90 Å². The van der Waals surface area contributed by atoms with Gasteiger partial charge in [-0.25, -0.2) is 4.79 Å². The number of fused-ring (bicyclic) bond motifs is 1. The molecule has 1 aromatic heterocycles. The van der Waals surface area contributed by atoms with Crippen LogP contribution in [-0.4, -0.2) is 28.5 Å². The van der Waals surface area contributed by atoms with Gasteiger partial charge in [0.1, 0.15) is 5.58 Å². The average Bonchev–Trinajstić information content (AvgIpc) is 3.01. The van der Waals surface area contributed by atoms with Crippen molar-refractivity contribution in [2.75, 3.05) is 11.9 Å². The van der Waals surface area contributed by atoms with Crippen LogP contribution in [0.1, 0.15) is 12.0 Å². The standard InChI is InChI=1S/C22H15ClN2O5S/c23-15-4-1-13(2-5-15)11-18-21(28)25(22(29)31-18)10-9-19(26)24-16-6-7-17-14(12-16)3-8-20(27)30-17/h1-8,11-12H,9-10H2,(H,24,26)/b18-11-. The van der Waals surface area contributed by atoms with E-state index in [1.54, 1.807) is 54.6 Å². The van der Waals surface area contributed by atoms with Crippen LogP contribution in [0, 0.1) is 0 Å². The van der Waals surface area contributed by atoms with E-state index in [0.717, 1.165) is 22.2 Å². The first kappa shape index (κ1) is 20.9. The summed E-state index contributed by atoms with van der Waals surface area (Å²) in [6.45, 7) is -0.0308. The number of halogens is 1. The van der Waals surface area contributed by atoms with Gasteiger partial charge >= 0.3 is 5.63 Å². The number of hydrogen-bond acceptors (Lipinski definition) is 6. The minimum Gasteiger partial charge on any atom is -0.423 e. The Morgan fingerprint density at radius 3 is 2.61 bits per heavy atom. The number of carbonyl (C=O) groups excluding carboxylic acids is 3. The Kier molecular flexibility index (Phi) is 5.92. The highest BCUT2D eigenvalue weighted by Crippen LogP contribution is 2.32. The number of rotatable bonds is 5. The van der Waals surface area contributed by atoms with Crippen LogP contribution in [-0.2, 0) is 9.59 Å². The maximum Gasteiger partial charge on any atom is 0.336 e. The van der Waals surface area contributed by atoms with Gasteiger partial charge in [-0.15, -0.1) is 0 Å². The van der Waals surface area contributed by atoms with Gasteiger partial charge in [0.25, 0.3) is 11.1 Å². The molecule has 1 saturated heterocycles. The van der Waals surface area contributed by atoms with E-state index in [1.165, 1.54) is 6.07 Å². The van der Waals surface area contributed by atoms with E-state index >= 15 is 0 Å². The number of anilines is 1. The lowest BCUT2D eigenvalue weighted by molar-refractivity contribution is -0.123. The van der Waals surface area contributed by atoms with Crippen molar-refractivity contribution in [3.05, 3.63) is 80.5 Å². The number of hydrogen-bond donors (Lipinski definition) is 1. The Balaban J connectivity index is 1.38. The zero-order chi connectivity index (χ0) is 22.0. The molecular formula is C22H15ClN2O5S. The fraction of sp³-hybridized carbons (Fsp3) is 0.0909. The summed E-state index contributed by atoms with van der Waals surface area (Å²) in [5.74, 6) is -0.782. The van der Waals surface area contributed by atoms with Crippen LogP contribution in [0.3, 0.4) is 0 Å². The molecule has 4 rings (SSSR count). The molecule has 0 saturated carbocycles. The zero-order valence-corrected chi connectivity index (χ0v) is 17.5. The maximum absolute atomic E-state index is 12.6. The maximum atomic E-state index is 12.6. The molecule has 1 N–H and O–H groups in total. The van der Waals surface area contributed by atoms with Gasteiger partial charge in [-0.1, -0.05) is 23.7 Å². The van der Waals surface area contributed by atoms with E-state index in [1.807, 2.05) is 0 Å². The number of thioether (sulfide) groups is 1. The van der Waals surface area contributed by atoms with Crippen LogP contribution in [0.5, 0.6) is 0 Å². The largest absolute Gasteiger partial charge is 0.423 e. The van der Waals surface area contributed by atoms with Crippen LogP contribution >= 0.6 is 23.4 Å². The fourth-order valence-corrected chi connectivity index (χ4v) is 3.98. The predicted molar refractivity (Wildman–Crippen MR) is 120 cm³/mol. The second-order valence-electron chi connectivity index (χ2n) is 6.69. The molecule has 0 aliphatic carbocycles. The molecule has 2 heterocycles. The number of carbonyl (C=O) groups is 3. The highest BCUT2D eigenvalue weighted by Gasteiger charge is 2.35. The van der Waals surface area contributed by atoms with E-state index in [-0.39, 0.29) is 18.9 Å². The summed E-state index contributed by atoms with van der Waals surface area (Å²) in [5, 5.41) is 3.54. The van der Waals surface area contributed by atoms with Gasteiger partial charge in [0, 0.05) is 35.1 Å². The van der Waals surface area contributed by atoms with E-state index in [2.05, 4.69) is 5.32 Å². The molecule has 1 fully saturated rings. The molecule has 0 radical (unpaired) electrons. The Hall–Kier alpha value is -3.36. The zero-order valence-electron chi connectivity index (χ0n) is 16.0. The summed E-state index contributed by atoms with van der Waals surface area (Å²) < 4.78 is 5.05. The summed E-state index contributed by atoms with van der Waals surface area (Å²) in [5.41, 5.74) is 1.23. The molecule has 1 aliphatic rings. The highest BCUT2D eigenvalue weighted by atomic mass is 35.5. The number of nitrogens with zero attached hydrogens (tertiary/aromatic N) is 1. The average molecular weight is 455 g/mol. The molecule has 3 aromatic rings. The molecule has 31 heavy (non-hydrogen) atoms. The van der Waals surface area contributed by atoms with Gasteiger partial charge in [0.2, 0.25) is 5.91 Å². The van der Waals surface area contributed by atoms with E-state index in [9.17, 15) is 19.2 Å². The van der Waals surface area contributed by atoms with Crippen molar-refractivity contribution < 1.29 is 18.8 Å². The van der Waals surface area contributed by atoms with Crippen LogP contribution < -0.4 is 10.9 Å². The summed E-state index contributed by atoms with van der Waals surface area (Å²) in [4.78, 5) is 49.7. The Bertz CT molecular complexity index is 1280. The molecule has 2 aromatic carbocycles. The van der Waals surface area contributed by atoms with Crippen molar-refractivity contribution in [3.8, 4) is 0 Å². The normalized spacial score (nSPS) is 15.1. The first-order valence-electron chi connectivity index (χ1n) is 9.24. The lowest BCUT2D eigenvalue weighted by Crippen LogP contribution is -2.31. The van der Waals surface area contributed by atoms with E-state index in [0.29, 0.717) is 26.6 Å². The van der Waals surface area contributed by atoms with Crippen LogP contribution in [0.4, 0.5) is 10.5 Å². The SMILES string of the molecule is O=C(CCN1C(=O)S/C(=C\c2ccc(Cl)cc2)C1=O)Nc1ccc2oc(=O)ccc2c1. The minimum atomic E-state index is -0.452. The molecule has 3 amide bonds. The minimum absolute atomic E-state index is 0.0308. The number of imide groups is 1. The number of amides is 3. The third-order valence-corrected chi connectivity index (χ3v) is 5.67. The first-order chi connectivity index (χ1) is 14.9. The number of benzene rings is 2. The van der Waals surface area contributed by atoms with Gasteiger partial charge in [-0.2, -0.15) is 0 Å². The number of nitrogens with one attached hydrogen (secondary N) is 1. The van der Waals surface area contributed by atoms with Gasteiger partial charge in [0.15, 0.2) is 0 Å². The molecule has 0 bridgehead atoms. The summed E-state index contributed by atoms with van der Waals surface area (Å²) in [6, 6.07) is 14.7. The Morgan fingerprint density at radius 1 is 1.06 bits per heavy atom. The molecule has 9 heteroatoms. The topological polar surface area (TPSA) is 96.7 Å². The van der Waals surface area contributed by atoms with Crippen molar-refractivity contribution in [1.29, 1.82) is 0 Å². The summed E-state index contributed by atoms with van der Waals surface area (Å²) >= 11 is 6.69. The second kappa shape index (κ2) is 8.79. The van der Waals surface area contributed by atoms with Crippen LogP contribution in [0.25, 0.3) is 17.0 Å².